The van der Waals surface area contributed by atoms with Crippen molar-refractivity contribution in [3.8, 4) is 11.4 Å². The lowest BCUT2D eigenvalue weighted by Crippen LogP contribution is -2.29. The highest BCUT2D eigenvalue weighted by atomic mass is 16.6. The van der Waals surface area contributed by atoms with Crippen LogP contribution in [0.3, 0.4) is 0 Å². The predicted octanol–water partition coefficient (Wildman–Crippen LogP) is 1.66. The quantitative estimate of drug-likeness (QED) is 0.619. The average Bonchev–Trinajstić information content (AvgIpc) is 3.13. The van der Waals surface area contributed by atoms with Gasteiger partial charge in [0, 0.05) is 37.4 Å². The van der Waals surface area contributed by atoms with Crippen molar-refractivity contribution in [2.24, 2.45) is 0 Å². The second kappa shape index (κ2) is 7.47. The maximum absolute atomic E-state index is 12.1. The molecule has 0 bridgehead atoms. The van der Waals surface area contributed by atoms with Crippen LogP contribution in [0.25, 0.3) is 11.4 Å². The van der Waals surface area contributed by atoms with Gasteiger partial charge in [-0.15, -0.1) is 0 Å². The minimum atomic E-state index is -0.671. The molecule has 3 aromatic heterocycles. The predicted molar refractivity (Wildman–Crippen MR) is 87.3 cm³/mol. The topological polar surface area (TPSA) is 107 Å². The fourth-order valence-electron chi connectivity index (χ4n) is 2.05. The zero-order chi connectivity index (χ0) is 17.6. The van der Waals surface area contributed by atoms with E-state index in [1.807, 2.05) is 6.07 Å². The lowest BCUT2D eigenvalue weighted by Gasteiger charge is -2.16. The molecule has 0 saturated carbocycles. The molecule has 128 valence electrons. The molecule has 0 spiro atoms. The van der Waals surface area contributed by atoms with Crippen LogP contribution in [-0.4, -0.2) is 44.7 Å². The van der Waals surface area contributed by atoms with Gasteiger partial charge in [0.05, 0.1) is 0 Å². The molecule has 9 heteroatoms. The Bertz CT molecular complexity index is 824. The van der Waals surface area contributed by atoms with Crippen LogP contribution >= 0.6 is 0 Å². The number of likely N-dealkylation sites (N-methyl/N-ethyl adjacent to an activating group) is 1. The standard InChI is InChI=1S/C16H16N6O3/c1-11(15-20-14(21-25-15)12-5-3-6-17-9-12)24-13(23)10-22(2)16-18-7-4-8-19-16/h3-9,11H,10H2,1-2H3. The first-order valence-corrected chi connectivity index (χ1v) is 7.55. The van der Waals surface area contributed by atoms with E-state index in [1.54, 1.807) is 55.8 Å². The first-order valence-electron chi connectivity index (χ1n) is 7.55. The summed E-state index contributed by atoms with van der Waals surface area (Å²) in [5.41, 5.74) is 0.719. The molecule has 9 nitrogen and oxygen atoms in total. The molecular weight excluding hydrogens is 324 g/mol. The van der Waals surface area contributed by atoms with Crippen molar-refractivity contribution in [1.29, 1.82) is 0 Å². The van der Waals surface area contributed by atoms with Crippen LogP contribution in [-0.2, 0) is 9.53 Å². The highest BCUT2D eigenvalue weighted by Crippen LogP contribution is 2.20. The Hall–Kier alpha value is -3.36. The number of anilines is 1. The van der Waals surface area contributed by atoms with Crippen molar-refractivity contribution >= 4 is 11.9 Å². The van der Waals surface area contributed by atoms with Crippen LogP contribution in [0.2, 0.25) is 0 Å². The number of hydrogen-bond acceptors (Lipinski definition) is 9. The number of rotatable bonds is 6. The molecule has 0 radical (unpaired) electrons. The molecule has 3 heterocycles. The van der Waals surface area contributed by atoms with Crippen molar-refractivity contribution in [1.82, 2.24) is 25.1 Å². The number of pyridine rings is 1. The van der Waals surface area contributed by atoms with Gasteiger partial charge in [-0.25, -0.2) is 9.97 Å². The summed E-state index contributed by atoms with van der Waals surface area (Å²) in [4.78, 5) is 30.0. The second-order valence-electron chi connectivity index (χ2n) is 5.23. The van der Waals surface area contributed by atoms with E-state index in [0.29, 0.717) is 11.8 Å². The number of esters is 1. The van der Waals surface area contributed by atoms with Crippen molar-refractivity contribution in [2.45, 2.75) is 13.0 Å². The molecule has 0 N–H and O–H groups in total. The van der Waals surface area contributed by atoms with Crippen LogP contribution < -0.4 is 4.90 Å². The fraction of sp³-hybridized carbons (Fsp3) is 0.250. The van der Waals surface area contributed by atoms with Crippen molar-refractivity contribution in [2.75, 3.05) is 18.5 Å². The zero-order valence-corrected chi connectivity index (χ0v) is 13.7. The number of hydrogen-bond donors (Lipinski definition) is 0. The molecule has 1 atom stereocenters. The van der Waals surface area contributed by atoms with Gasteiger partial charge >= 0.3 is 5.97 Å². The van der Waals surface area contributed by atoms with Gasteiger partial charge in [0.25, 0.3) is 5.89 Å². The Labute approximate surface area is 143 Å². The number of aromatic nitrogens is 5. The highest BCUT2D eigenvalue weighted by molar-refractivity contribution is 5.75. The molecule has 0 amide bonds. The highest BCUT2D eigenvalue weighted by Gasteiger charge is 2.20. The molecule has 0 aliphatic rings. The van der Waals surface area contributed by atoms with Crippen molar-refractivity contribution in [3.05, 3.63) is 48.9 Å². The molecule has 0 aliphatic heterocycles. The van der Waals surface area contributed by atoms with Gasteiger partial charge in [-0.2, -0.15) is 4.98 Å². The maximum Gasteiger partial charge on any atom is 0.326 e. The Morgan fingerprint density at radius 2 is 2.08 bits per heavy atom. The van der Waals surface area contributed by atoms with Crippen LogP contribution in [0.15, 0.2) is 47.5 Å². The molecule has 25 heavy (non-hydrogen) atoms. The van der Waals surface area contributed by atoms with E-state index in [1.165, 1.54) is 0 Å². The second-order valence-corrected chi connectivity index (χ2v) is 5.23. The minimum Gasteiger partial charge on any atom is -0.451 e. The molecule has 0 fully saturated rings. The number of carbonyl (C=O) groups excluding carboxylic acids is 1. The molecule has 0 aromatic carbocycles. The number of ether oxygens (including phenoxy) is 1. The molecule has 3 aromatic rings. The van der Waals surface area contributed by atoms with Gasteiger partial charge in [-0.3, -0.25) is 9.78 Å². The van der Waals surface area contributed by atoms with Gasteiger partial charge in [-0.1, -0.05) is 5.16 Å². The molecule has 0 aliphatic carbocycles. The first kappa shape index (κ1) is 16.5. The fourth-order valence-corrected chi connectivity index (χ4v) is 2.05. The largest absolute Gasteiger partial charge is 0.451 e. The number of carbonyl (C=O) groups is 1. The van der Waals surface area contributed by atoms with E-state index in [9.17, 15) is 4.79 Å². The lowest BCUT2D eigenvalue weighted by atomic mass is 10.3. The van der Waals surface area contributed by atoms with Gasteiger partial charge < -0.3 is 14.2 Å². The summed E-state index contributed by atoms with van der Waals surface area (Å²) in [6.07, 6.45) is 5.81. The van der Waals surface area contributed by atoms with Crippen LogP contribution in [0.1, 0.15) is 18.9 Å². The smallest absolute Gasteiger partial charge is 0.326 e. The van der Waals surface area contributed by atoms with Crippen LogP contribution in [0.5, 0.6) is 0 Å². The van der Waals surface area contributed by atoms with E-state index >= 15 is 0 Å². The van der Waals surface area contributed by atoms with E-state index in [0.717, 1.165) is 5.56 Å². The lowest BCUT2D eigenvalue weighted by molar-refractivity contribution is -0.148. The maximum atomic E-state index is 12.1. The third-order valence-corrected chi connectivity index (χ3v) is 3.28. The molecule has 0 saturated heterocycles. The summed E-state index contributed by atoms with van der Waals surface area (Å²) >= 11 is 0. The van der Waals surface area contributed by atoms with Gasteiger partial charge in [0.15, 0.2) is 6.10 Å². The van der Waals surface area contributed by atoms with Crippen LogP contribution in [0.4, 0.5) is 5.95 Å². The van der Waals surface area contributed by atoms with E-state index < -0.39 is 12.1 Å². The summed E-state index contributed by atoms with van der Waals surface area (Å²) in [5, 5.41) is 3.88. The molecule has 3 rings (SSSR count). The first-order chi connectivity index (χ1) is 12.1. The van der Waals surface area contributed by atoms with Crippen molar-refractivity contribution in [3.63, 3.8) is 0 Å². The monoisotopic (exact) mass is 340 g/mol. The summed E-state index contributed by atoms with van der Waals surface area (Å²) in [6, 6.07) is 5.29. The Morgan fingerprint density at radius 3 is 2.80 bits per heavy atom. The van der Waals surface area contributed by atoms with Gasteiger partial charge in [-0.05, 0) is 25.1 Å². The SMILES string of the molecule is CC(OC(=O)CN(C)c1ncccn1)c1nc(-c2cccnc2)no1. The van der Waals surface area contributed by atoms with E-state index in [2.05, 4.69) is 25.1 Å². The van der Waals surface area contributed by atoms with Gasteiger partial charge in [0.2, 0.25) is 11.8 Å². The van der Waals surface area contributed by atoms with Crippen LogP contribution in [0, 0.1) is 0 Å². The Morgan fingerprint density at radius 1 is 1.28 bits per heavy atom. The molecular formula is C16H16N6O3. The minimum absolute atomic E-state index is 0.00203. The van der Waals surface area contributed by atoms with E-state index in [4.69, 9.17) is 9.26 Å². The summed E-state index contributed by atoms with van der Waals surface area (Å²) in [7, 11) is 1.70. The molecule has 1 unspecified atom stereocenters. The number of nitrogens with zero attached hydrogens (tertiary/aromatic N) is 6. The summed E-state index contributed by atoms with van der Waals surface area (Å²) in [5.74, 6) is 0.582. The van der Waals surface area contributed by atoms with Crippen molar-refractivity contribution < 1.29 is 14.1 Å². The summed E-state index contributed by atoms with van der Waals surface area (Å²) < 4.78 is 10.5. The summed E-state index contributed by atoms with van der Waals surface area (Å²) in [6.45, 7) is 1.66. The average molecular weight is 340 g/mol. The normalized spacial score (nSPS) is 11.8. The zero-order valence-electron chi connectivity index (χ0n) is 13.7. The Kier molecular flexibility index (Phi) is 4.93. The van der Waals surface area contributed by atoms with Gasteiger partial charge in [0.1, 0.15) is 6.54 Å². The Balaban J connectivity index is 1.59. The van der Waals surface area contributed by atoms with E-state index in [-0.39, 0.29) is 12.4 Å². The third kappa shape index (κ3) is 4.14. The third-order valence-electron chi connectivity index (χ3n) is 3.28.